The monoisotopic (exact) mass is 402 g/mol. The lowest BCUT2D eigenvalue weighted by Gasteiger charge is -2.15. The minimum absolute atomic E-state index is 0.0676. The van der Waals surface area contributed by atoms with Crippen molar-refractivity contribution in [1.29, 1.82) is 0 Å². The number of anilines is 1. The van der Waals surface area contributed by atoms with Gasteiger partial charge in [0.25, 0.3) is 11.6 Å². The number of nitro groups is 1. The highest BCUT2D eigenvalue weighted by molar-refractivity contribution is 5.96. The van der Waals surface area contributed by atoms with Crippen LogP contribution in [-0.2, 0) is 20.7 Å². The number of carbonyl (C=O) groups is 2. The van der Waals surface area contributed by atoms with Crippen LogP contribution < -0.4 is 14.8 Å². The number of para-hydroxylation sites is 1. The molecule has 9 heteroatoms. The lowest BCUT2D eigenvalue weighted by Crippen LogP contribution is -2.30. The summed E-state index contributed by atoms with van der Waals surface area (Å²) in [7, 11) is 2.92. The quantitative estimate of drug-likeness (QED) is 0.389. The Kier molecular flexibility index (Phi) is 7.53. The van der Waals surface area contributed by atoms with Crippen LogP contribution >= 0.6 is 0 Å². The van der Waals surface area contributed by atoms with Crippen LogP contribution in [-0.4, -0.2) is 37.1 Å². The SMILES string of the molecule is COc1ccccc1CCC(=O)O[C@@H](C)C(=O)Nc1cc([N+](=O)[O-])ccc1OC. The number of nitrogens with one attached hydrogen (secondary N) is 1. The van der Waals surface area contributed by atoms with Gasteiger partial charge in [-0.1, -0.05) is 18.2 Å². The summed E-state index contributed by atoms with van der Waals surface area (Å²) in [6.45, 7) is 1.42. The number of hydrogen-bond donors (Lipinski definition) is 1. The van der Waals surface area contributed by atoms with E-state index >= 15 is 0 Å². The largest absolute Gasteiger partial charge is 0.496 e. The number of esters is 1. The Bertz CT molecular complexity index is 898. The third kappa shape index (κ3) is 5.93. The Morgan fingerprint density at radius 1 is 1.10 bits per heavy atom. The molecule has 0 heterocycles. The van der Waals surface area contributed by atoms with Crippen molar-refractivity contribution in [2.45, 2.75) is 25.9 Å². The van der Waals surface area contributed by atoms with E-state index in [-0.39, 0.29) is 23.5 Å². The summed E-state index contributed by atoms with van der Waals surface area (Å²) < 4.78 is 15.5. The topological polar surface area (TPSA) is 117 Å². The van der Waals surface area contributed by atoms with E-state index in [4.69, 9.17) is 14.2 Å². The highest BCUT2D eigenvalue weighted by atomic mass is 16.6. The standard InChI is InChI=1S/C20H22N2O7/c1-13(29-19(23)11-8-14-6-4-5-7-17(14)27-2)20(24)21-16-12-15(22(25)26)9-10-18(16)28-3/h4-7,9-10,12-13H,8,11H2,1-3H3,(H,21,24)/t13-/m0/s1. The Labute approximate surface area is 167 Å². The van der Waals surface area contributed by atoms with Crippen molar-refractivity contribution in [2.75, 3.05) is 19.5 Å². The van der Waals surface area contributed by atoms with Gasteiger partial charge in [0.2, 0.25) is 0 Å². The van der Waals surface area contributed by atoms with Gasteiger partial charge in [-0.15, -0.1) is 0 Å². The number of hydrogen-bond acceptors (Lipinski definition) is 7. The predicted molar refractivity (Wildman–Crippen MR) is 105 cm³/mol. The minimum Gasteiger partial charge on any atom is -0.496 e. The number of nitro benzene ring substituents is 1. The van der Waals surface area contributed by atoms with Crippen LogP contribution in [0.5, 0.6) is 11.5 Å². The van der Waals surface area contributed by atoms with E-state index in [1.54, 1.807) is 13.2 Å². The lowest BCUT2D eigenvalue weighted by molar-refractivity contribution is -0.384. The molecule has 0 aromatic heterocycles. The van der Waals surface area contributed by atoms with E-state index in [1.807, 2.05) is 18.2 Å². The van der Waals surface area contributed by atoms with Crippen molar-refractivity contribution < 1.29 is 28.7 Å². The van der Waals surface area contributed by atoms with Crippen LogP contribution in [0.4, 0.5) is 11.4 Å². The summed E-state index contributed by atoms with van der Waals surface area (Å²) in [4.78, 5) is 34.8. The van der Waals surface area contributed by atoms with Crippen molar-refractivity contribution >= 4 is 23.3 Å². The Morgan fingerprint density at radius 3 is 2.45 bits per heavy atom. The smallest absolute Gasteiger partial charge is 0.306 e. The molecule has 0 aliphatic heterocycles. The molecule has 2 aromatic rings. The van der Waals surface area contributed by atoms with E-state index in [0.717, 1.165) is 5.56 Å². The van der Waals surface area contributed by atoms with Crippen LogP contribution in [0.25, 0.3) is 0 Å². The second kappa shape index (κ2) is 10.1. The molecule has 0 radical (unpaired) electrons. The number of rotatable bonds is 9. The summed E-state index contributed by atoms with van der Waals surface area (Å²) >= 11 is 0. The van der Waals surface area contributed by atoms with E-state index in [2.05, 4.69) is 5.32 Å². The lowest BCUT2D eigenvalue weighted by atomic mass is 10.1. The molecule has 0 unspecified atom stereocenters. The fourth-order valence-corrected chi connectivity index (χ4v) is 2.60. The van der Waals surface area contributed by atoms with Gasteiger partial charge in [0.1, 0.15) is 11.5 Å². The maximum Gasteiger partial charge on any atom is 0.306 e. The first-order valence-electron chi connectivity index (χ1n) is 8.80. The average Bonchev–Trinajstić information content (AvgIpc) is 2.72. The number of methoxy groups -OCH3 is 2. The maximum absolute atomic E-state index is 12.3. The Hall–Kier alpha value is -3.62. The number of aryl methyl sites for hydroxylation is 1. The maximum atomic E-state index is 12.3. The van der Waals surface area contributed by atoms with E-state index in [1.165, 1.54) is 32.2 Å². The highest BCUT2D eigenvalue weighted by Crippen LogP contribution is 2.29. The zero-order valence-corrected chi connectivity index (χ0v) is 16.3. The molecule has 1 N–H and O–H groups in total. The molecule has 0 saturated carbocycles. The number of amides is 1. The molecule has 0 bridgehead atoms. The summed E-state index contributed by atoms with van der Waals surface area (Å²) in [5.74, 6) is -0.262. The summed E-state index contributed by atoms with van der Waals surface area (Å²) in [5.41, 5.74) is 0.761. The molecule has 0 aliphatic carbocycles. The highest BCUT2D eigenvalue weighted by Gasteiger charge is 2.21. The number of carbonyl (C=O) groups excluding carboxylic acids is 2. The first kappa shape index (κ1) is 21.7. The number of benzene rings is 2. The molecule has 0 aliphatic rings. The van der Waals surface area contributed by atoms with Crippen LogP contribution in [0.1, 0.15) is 18.9 Å². The van der Waals surface area contributed by atoms with Gasteiger partial charge in [-0.05, 0) is 31.0 Å². The van der Waals surface area contributed by atoms with E-state index < -0.39 is 22.9 Å². The molecule has 0 spiro atoms. The van der Waals surface area contributed by atoms with Gasteiger partial charge in [-0.2, -0.15) is 0 Å². The van der Waals surface area contributed by atoms with Crippen LogP contribution in [0.2, 0.25) is 0 Å². The van der Waals surface area contributed by atoms with Gasteiger partial charge >= 0.3 is 5.97 Å². The third-order valence-corrected chi connectivity index (χ3v) is 4.12. The molecular formula is C20H22N2O7. The summed E-state index contributed by atoms with van der Waals surface area (Å²) in [6, 6.07) is 11.1. The molecule has 154 valence electrons. The minimum atomic E-state index is -1.09. The van der Waals surface area contributed by atoms with Gasteiger partial charge < -0.3 is 19.5 Å². The zero-order chi connectivity index (χ0) is 21.4. The molecule has 1 amide bonds. The van der Waals surface area contributed by atoms with Gasteiger partial charge in [-0.3, -0.25) is 19.7 Å². The molecule has 2 aromatic carbocycles. The van der Waals surface area contributed by atoms with Crippen molar-refractivity contribution in [2.24, 2.45) is 0 Å². The fourth-order valence-electron chi connectivity index (χ4n) is 2.60. The van der Waals surface area contributed by atoms with Crippen molar-refractivity contribution in [1.82, 2.24) is 0 Å². The van der Waals surface area contributed by atoms with Gasteiger partial charge in [0.15, 0.2) is 6.10 Å². The normalized spacial score (nSPS) is 11.3. The first-order valence-corrected chi connectivity index (χ1v) is 8.80. The molecule has 0 saturated heterocycles. The van der Waals surface area contributed by atoms with Crippen molar-refractivity contribution in [3.8, 4) is 11.5 Å². The predicted octanol–water partition coefficient (Wildman–Crippen LogP) is 3.12. The summed E-state index contributed by atoms with van der Waals surface area (Å²) in [6.07, 6.45) is -0.627. The summed E-state index contributed by atoms with van der Waals surface area (Å²) in [5, 5.41) is 13.4. The van der Waals surface area contributed by atoms with Gasteiger partial charge in [0.05, 0.1) is 24.8 Å². The molecule has 9 nitrogen and oxygen atoms in total. The average molecular weight is 402 g/mol. The number of non-ortho nitro benzene ring substituents is 1. The second-order valence-corrected chi connectivity index (χ2v) is 6.07. The van der Waals surface area contributed by atoms with Crippen LogP contribution in [0.3, 0.4) is 0 Å². The van der Waals surface area contributed by atoms with Crippen molar-refractivity contribution in [3.05, 3.63) is 58.1 Å². The Balaban J connectivity index is 1.95. The molecule has 0 fully saturated rings. The molecular weight excluding hydrogens is 380 g/mol. The number of ether oxygens (including phenoxy) is 3. The van der Waals surface area contributed by atoms with Gasteiger partial charge in [0, 0.05) is 18.6 Å². The molecule has 29 heavy (non-hydrogen) atoms. The zero-order valence-electron chi connectivity index (χ0n) is 16.3. The van der Waals surface area contributed by atoms with Gasteiger partial charge in [-0.25, -0.2) is 0 Å². The molecule has 1 atom stereocenters. The van der Waals surface area contributed by atoms with E-state index in [0.29, 0.717) is 12.2 Å². The molecule has 2 rings (SSSR count). The van der Waals surface area contributed by atoms with Crippen LogP contribution in [0, 0.1) is 10.1 Å². The fraction of sp³-hybridized carbons (Fsp3) is 0.300. The third-order valence-electron chi connectivity index (χ3n) is 4.12. The van der Waals surface area contributed by atoms with Crippen LogP contribution in [0.15, 0.2) is 42.5 Å². The van der Waals surface area contributed by atoms with E-state index in [9.17, 15) is 19.7 Å². The first-order chi connectivity index (χ1) is 13.8. The number of nitrogens with zero attached hydrogens (tertiary/aromatic N) is 1. The van der Waals surface area contributed by atoms with Crippen molar-refractivity contribution in [3.63, 3.8) is 0 Å². The Morgan fingerprint density at radius 2 is 1.79 bits per heavy atom. The second-order valence-electron chi connectivity index (χ2n) is 6.07.